The molecule has 2 heterocycles. The fourth-order valence-electron chi connectivity index (χ4n) is 3.42. The van der Waals surface area contributed by atoms with Gasteiger partial charge in [0.2, 0.25) is 0 Å². The third kappa shape index (κ3) is 6.52. The fourth-order valence-corrected chi connectivity index (χ4v) is 4.65. The normalized spacial score (nSPS) is 12.0. The number of allylic oxidation sites excluding steroid dienone is 3. The van der Waals surface area contributed by atoms with Gasteiger partial charge < -0.3 is 20.1 Å². The Labute approximate surface area is 204 Å². The second-order valence-electron chi connectivity index (χ2n) is 7.26. The van der Waals surface area contributed by atoms with Crippen LogP contribution in [0.2, 0.25) is 0 Å². The van der Waals surface area contributed by atoms with Crippen molar-refractivity contribution in [3.05, 3.63) is 65.1 Å². The number of thiazole rings is 1. The van der Waals surface area contributed by atoms with Crippen LogP contribution in [0.25, 0.3) is 15.8 Å². The standard InChI is InChI=1S/C25H30N4O2S2/c1-5-8-19(18(6-2)24-28-20-12-14-26-16-23(20)33-24)29-25(32)27-13-7-9-17-10-11-21(30-3)22(15-17)31-4/h6,8,10-12,14-16H,5,7,9,13H2,1-4H3,(H2,27,29,32)/b18-6+,19-8+. The highest BCUT2D eigenvalue weighted by molar-refractivity contribution is 7.80. The van der Waals surface area contributed by atoms with Gasteiger partial charge in [0.05, 0.1) is 24.4 Å². The predicted molar refractivity (Wildman–Crippen MR) is 141 cm³/mol. The number of methoxy groups -OCH3 is 2. The number of nitrogens with one attached hydrogen (secondary N) is 2. The molecular formula is C25H30N4O2S2. The van der Waals surface area contributed by atoms with Crippen LogP contribution in [0.3, 0.4) is 0 Å². The van der Waals surface area contributed by atoms with Crippen molar-refractivity contribution < 1.29 is 9.47 Å². The fraction of sp³-hybridized carbons (Fsp3) is 0.320. The molecule has 2 aromatic heterocycles. The zero-order chi connectivity index (χ0) is 23.6. The van der Waals surface area contributed by atoms with Gasteiger partial charge in [-0.05, 0) is 62.2 Å². The van der Waals surface area contributed by atoms with Crippen LogP contribution in [0.15, 0.2) is 54.5 Å². The molecule has 0 spiro atoms. The van der Waals surface area contributed by atoms with Crippen LogP contribution in [-0.4, -0.2) is 35.8 Å². The lowest BCUT2D eigenvalue weighted by atomic mass is 10.1. The first kappa shape index (κ1) is 24.7. The van der Waals surface area contributed by atoms with E-state index in [0.717, 1.165) is 63.8 Å². The van der Waals surface area contributed by atoms with Crippen molar-refractivity contribution in [2.75, 3.05) is 20.8 Å². The maximum absolute atomic E-state index is 5.57. The average Bonchev–Trinajstić information content (AvgIpc) is 3.26. The molecule has 0 radical (unpaired) electrons. The van der Waals surface area contributed by atoms with Gasteiger partial charge in [-0.15, -0.1) is 11.3 Å². The molecule has 1 aromatic carbocycles. The Bertz CT molecular complexity index is 1120. The van der Waals surface area contributed by atoms with Crippen molar-refractivity contribution in [1.82, 2.24) is 20.6 Å². The summed E-state index contributed by atoms with van der Waals surface area (Å²) in [6.45, 7) is 4.89. The van der Waals surface area contributed by atoms with E-state index in [2.05, 4.69) is 40.8 Å². The SMILES string of the molecule is C/C=C(\C(=C/CC)NC(=S)NCCCc1ccc(OC)c(OC)c1)c1nc2ccncc2s1. The van der Waals surface area contributed by atoms with E-state index >= 15 is 0 Å². The van der Waals surface area contributed by atoms with E-state index < -0.39 is 0 Å². The molecule has 3 rings (SSSR count). The minimum absolute atomic E-state index is 0.601. The molecule has 33 heavy (non-hydrogen) atoms. The number of aromatic nitrogens is 2. The van der Waals surface area contributed by atoms with Crippen molar-refractivity contribution in [3.8, 4) is 11.5 Å². The maximum atomic E-state index is 5.57. The molecule has 0 aliphatic carbocycles. The number of hydrogen-bond donors (Lipinski definition) is 2. The molecule has 3 aromatic rings. The molecule has 0 atom stereocenters. The van der Waals surface area contributed by atoms with Crippen molar-refractivity contribution in [1.29, 1.82) is 0 Å². The van der Waals surface area contributed by atoms with E-state index in [1.165, 1.54) is 5.56 Å². The molecule has 2 N–H and O–H groups in total. The van der Waals surface area contributed by atoms with Gasteiger partial charge in [0.1, 0.15) is 5.01 Å². The minimum Gasteiger partial charge on any atom is -0.493 e. The van der Waals surface area contributed by atoms with Crippen molar-refractivity contribution in [3.63, 3.8) is 0 Å². The van der Waals surface area contributed by atoms with Gasteiger partial charge in [-0.1, -0.05) is 25.1 Å². The molecule has 0 amide bonds. The smallest absolute Gasteiger partial charge is 0.170 e. The van der Waals surface area contributed by atoms with Gasteiger partial charge in [-0.25, -0.2) is 4.98 Å². The summed E-state index contributed by atoms with van der Waals surface area (Å²) in [5.41, 5.74) is 4.15. The number of pyridine rings is 1. The van der Waals surface area contributed by atoms with E-state index in [-0.39, 0.29) is 0 Å². The second kappa shape index (κ2) is 12.3. The number of fused-ring (bicyclic) bond motifs is 1. The Morgan fingerprint density at radius 3 is 2.70 bits per heavy atom. The topological polar surface area (TPSA) is 68.3 Å². The van der Waals surface area contributed by atoms with Crippen molar-refractivity contribution in [2.45, 2.75) is 33.1 Å². The highest BCUT2D eigenvalue weighted by Gasteiger charge is 2.14. The third-order valence-corrected chi connectivity index (χ3v) is 6.32. The molecule has 0 saturated carbocycles. The summed E-state index contributed by atoms with van der Waals surface area (Å²) >= 11 is 7.20. The minimum atomic E-state index is 0.601. The monoisotopic (exact) mass is 482 g/mol. The van der Waals surface area contributed by atoms with E-state index in [4.69, 9.17) is 26.7 Å². The van der Waals surface area contributed by atoms with Crippen LogP contribution in [0.4, 0.5) is 0 Å². The second-order valence-corrected chi connectivity index (χ2v) is 8.70. The molecule has 0 fully saturated rings. The van der Waals surface area contributed by atoms with Gasteiger partial charge in [0.15, 0.2) is 16.6 Å². The van der Waals surface area contributed by atoms with Crippen molar-refractivity contribution in [2.24, 2.45) is 0 Å². The largest absolute Gasteiger partial charge is 0.493 e. The summed E-state index contributed by atoms with van der Waals surface area (Å²) in [4.78, 5) is 8.98. The first-order valence-electron chi connectivity index (χ1n) is 10.9. The van der Waals surface area contributed by atoms with Gasteiger partial charge in [0, 0.05) is 30.2 Å². The summed E-state index contributed by atoms with van der Waals surface area (Å²) in [6, 6.07) is 7.95. The lowest BCUT2D eigenvalue weighted by molar-refractivity contribution is 0.354. The van der Waals surface area contributed by atoms with Gasteiger partial charge in [-0.2, -0.15) is 0 Å². The number of nitrogens with zero attached hydrogens (tertiary/aromatic N) is 2. The molecule has 0 bridgehead atoms. The third-order valence-electron chi connectivity index (χ3n) is 5.03. The van der Waals surface area contributed by atoms with Crippen LogP contribution >= 0.6 is 23.6 Å². The molecule has 0 aliphatic rings. The van der Waals surface area contributed by atoms with E-state index in [1.54, 1.807) is 31.8 Å². The van der Waals surface area contributed by atoms with E-state index in [9.17, 15) is 0 Å². The summed E-state index contributed by atoms with van der Waals surface area (Å²) in [5, 5.41) is 8.24. The molecule has 174 valence electrons. The van der Waals surface area contributed by atoms with Gasteiger partial charge in [-0.3, -0.25) is 4.98 Å². The Kier molecular flexibility index (Phi) is 9.21. The molecule has 0 aliphatic heterocycles. The quantitative estimate of drug-likeness (QED) is 0.225. The number of aryl methyl sites for hydroxylation is 1. The predicted octanol–water partition coefficient (Wildman–Crippen LogP) is 5.50. The van der Waals surface area contributed by atoms with Gasteiger partial charge >= 0.3 is 0 Å². The van der Waals surface area contributed by atoms with E-state index in [0.29, 0.717) is 5.11 Å². The summed E-state index contributed by atoms with van der Waals surface area (Å²) in [6.07, 6.45) is 10.6. The number of benzene rings is 1. The van der Waals surface area contributed by atoms with Crippen LogP contribution < -0.4 is 20.1 Å². The van der Waals surface area contributed by atoms with Crippen LogP contribution in [-0.2, 0) is 6.42 Å². The zero-order valence-electron chi connectivity index (χ0n) is 19.5. The molecule has 0 unspecified atom stereocenters. The summed E-state index contributed by atoms with van der Waals surface area (Å²) in [5.74, 6) is 1.49. The number of thiocarbonyl (C=S) groups is 1. The molecular weight excluding hydrogens is 452 g/mol. The first-order chi connectivity index (χ1) is 16.1. The van der Waals surface area contributed by atoms with Crippen LogP contribution in [0.1, 0.15) is 37.3 Å². The Morgan fingerprint density at radius 1 is 1.18 bits per heavy atom. The molecule has 0 saturated heterocycles. The Balaban J connectivity index is 1.57. The van der Waals surface area contributed by atoms with Gasteiger partial charge in [0.25, 0.3) is 0 Å². The number of ether oxygens (including phenoxy) is 2. The number of rotatable bonds is 10. The van der Waals surface area contributed by atoms with Crippen LogP contribution in [0.5, 0.6) is 11.5 Å². The van der Waals surface area contributed by atoms with E-state index in [1.807, 2.05) is 31.3 Å². The lowest BCUT2D eigenvalue weighted by Gasteiger charge is -2.15. The maximum Gasteiger partial charge on any atom is 0.170 e. The zero-order valence-corrected chi connectivity index (χ0v) is 21.1. The van der Waals surface area contributed by atoms with Crippen LogP contribution in [0, 0.1) is 0 Å². The number of hydrogen-bond acceptors (Lipinski definition) is 6. The Morgan fingerprint density at radius 2 is 2.00 bits per heavy atom. The molecule has 8 heteroatoms. The van der Waals surface area contributed by atoms with Crippen molar-refractivity contribution >= 4 is 44.5 Å². The highest BCUT2D eigenvalue weighted by atomic mass is 32.1. The summed E-state index contributed by atoms with van der Waals surface area (Å²) in [7, 11) is 3.29. The Hall–Kier alpha value is -2.97. The lowest BCUT2D eigenvalue weighted by Crippen LogP contribution is -2.35. The highest BCUT2D eigenvalue weighted by Crippen LogP contribution is 2.30. The first-order valence-corrected chi connectivity index (χ1v) is 12.2. The molecule has 6 nitrogen and oxygen atoms in total. The average molecular weight is 483 g/mol. The summed E-state index contributed by atoms with van der Waals surface area (Å²) < 4.78 is 11.8.